The fraction of sp³-hybridized carbons (Fsp3) is 0.571. The predicted molar refractivity (Wildman–Crippen MR) is 76.2 cm³/mol. The molecule has 1 saturated heterocycles. The largest absolute Gasteiger partial charge is 0.354 e. The van der Waals surface area contributed by atoms with Gasteiger partial charge >= 0.3 is 0 Å². The molecule has 2 N–H and O–H groups in total. The van der Waals surface area contributed by atoms with Gasteiger partial charge in [0.25, 0.3) is 0 Å². The normalized spacial score (nSPS) is 17.8. The van der Waals surface area contributed by atoms with E-state index in [1.807, 2.05) is 12.3 Å². The highest BCUT2D eigenvalue weighted by molar-refractivity contribution is 5.77. The van der Waals surface area contributed by atoms with Crippen LogP contribution in [0, 0.1) is 0 Å². The maximum absolute atomic E-state index is 11.4. The van der Waals surface area contributed by atoms with E-state index in [0.717, 1.165) is 25.5 Å². The third-order valence-corrected chi connectivity index (χ3v) is 3.41. The highest BCUT2D eigenvalue weighted by atomic mass is 16.1. The van der Waals surface area contributed by atoms with Crippen molar-refractivity contribution in [3.63, 3.8) is 0 Å². The number of nitrogens with zero attached hydrogens (tertiary/aromatic N) is 2. The molecule has 0 spiro atoms. The van der Waals surface area contributed by atoms with Gasteiger partial charge in [0.15, 0.2) is 0 Å². The minimum atomic E-state index is 0.125. The van der Waals surface area contributed by atoms with Gasteiger partial charge in [-0.15, -0.1) is 0 Å². The van der Waals surface area contributed by atoms with Gasteiger partial charge in [-0.1, -0.05) is 13.0 Å². The maximum atomic E-state index is 11.4. The number of carbonyl (C=O) groups excluding carboxylic acids is 1. The van der Waals surface area contributed by atoms with Crippen LogP contribution in [0.2, 0.25) is 0 Å². The number of hydrogen-bond donors (Lipinski definition) is 2. The van der Waals surface area contributed by atoms with Crippen LogP contribution in [0.25, 0.3) is 0 Å². The zero-order valence-electron chi connectivity index (χ0n) is 11.6. The molecule has 0 aliphatic carbocycles. The second kappa shape index (κ2) is 6.52. The Bertz CT molecular complexity index is 435. The average Bonchev–Trinajstić information content (AvgIpc) is 2.64. The Kier molecular flexibility index (Phi) is 4.74. The van der Waals surface area contributed by atoms with Gasteiger partial charge in [0.1, 0.15) is 5.82 Å². The van der Waals surface area contributed by atoms with Gasteiger partial charge in [0, 0.05) is 43.9 Å². The summed E-state index contributed by atoms with van der Waals surface area (Å²) >= 11 is 0. The summed E-state index contributed by atoms with van der Waals surface area (Å²) in [6.45, 7) is 7.40. The van der Waals surface area contributed by atoms with Crippen molar-refractivity contribution in [3.05, 3.63) is 23.9 Å². The predicted octanol–water partition coefficient (Wildman–Crippen LogP) is 1.08. The summed E-state index contributed by atoms with van der Waals surface area (Å²) in [5.74, 6) is 1.12. The number of amides is 1. The van der Waals surface area contributed by atoms with Crippen LogP contribution >= 0.6 is 0 Å². The third-order valence-electron chi connectivity index (χ3n) is 3.41. The van der Waals surface area contributed by atoms with Crippen molar-refractivity contribution in [2.24, 2.45) is 0 Å². The molecule has 1 amide bonds. The van der Waals surface area contributed by atoms with Gasteiger partial charge in [0.2, 0.25) is 5.91 Å². The van der Waals surface area contributed by atoms with Crippen LogP contribution in [0.3, 0.4) is 0 Å². The van der Waals surface area contributed by atoms with E-state index < -0.39 is 0 Å². The van der Waals surface area contributed by atoms with Crippen molar-refractivity contribution in [2.75, 3.05) is 31.1 Å². The van der Waals surface area contributed by atoms with Crippen LogP contribution < -0.4 is 15.5 Å². The molecule has 104 valence electrons. The molecule has 1 aliphatic heterocycles. The number of rotatable bonds is 4. The molecule has 5 heteroatoms. The third kappa shape index (κ3) is 3.44. The van der Waals surface area contributed by atoms with Crippen molar-refractivity contribution < 1.29 is 4.79 Å². The minimum Gasteiger partial charge on any atom is -0.354 e. The molecule has 0 aromatic carbocycles. The molecular weight excluding hydrogens is 240 g/mol. The van der Waals surface area contributed by atoms with Crippen molar-refractivity contribution in [2.45, 2.75) is 26.3 Å². The number of hydrogen-bond acceptors (Lipinski definition) is 4. The maximum Gasteiger partial charge on any atom is 0.221 e. The zero-order valence-corrected chi connectivity index (χ0v) is 11.6. The smallest absolute Gasteiger partial charge is 0.221 e. The first-order valence-corrected chi connectivity index (χ1v) is 6.92. The number of pyridine rings is 1. The summed E-state index contributed by atoms with van der Waals surface area (Å²) in [5.41, 5.74) is 1.19. The Labute approximate surface area is 114 Å². The standard InChI is InChI=1S/C14H22N4O/c1-3-15-11(2)12-5-4-7-17-14(12)18-9-6-13(19)16-8-10-18/h4-5,7,11,15H,3,6,8-10H2,1-2H3,(H,16,19). The van der Waals surface area contributed by atoms with E-state index in [9.17, 15) is 4.79 Å². The quantitative estimate of drug-likeness (QED) is 0.852. The molecule has 1 aromatic heterocycles. The summed E-state index contributed by atoms with van der Waals surface area (Å²) < 4.78 is 0. The molecular formula is C14H22N4O. The average molecular weight is 262 g/mol. The number of nitrogens with one attached hydrogen (secondary N) is 2. The van der Waals surface area contributed by atoms with Gasteiger partial charge in [-0.3, -0.25) is 4.79 Å². The van der Waals surface area contributed by atoms with Crippen LogP contribution in [0.1, 0.15) is 31.9 Å². The summed E-state index contributed by atoms with van der Waals surface area (Å²) in [5, 5.41) is 6.31. The lowest BCUT2D eigenvalue weighted by Crippen LogP contribution is -2.31. The summed E-state index contributed by atoms with van der Waals surface area (Å²) in [6, 6.07) is 4.34. The van der Waals surface area contributed by atoms with E-state index >= 15 is 0 Å². The second-order valence-corrected chi connectivity index (χ2v) is 4.78. The lowest BCUT2D eigenvalue weighted by atomic mass is 10.1. The van der Waals surface area contributed by atoms with Crippen LogP contribution in [0.5, 0.6) is 0 Å². The van der Waals surface area contributed by atoms with Gasteiger partial charge in [-0.25, -0.2) is 4.98 Å². The van der Waals surface area contributed by atoms with E-state index in [-0.39, 0.29) is 11.9 Å². The molecule has 1 aromatic rings. The Hall–Kier alpha value is -1.62. The molecule has 0 saturated carbocycles. The molecule has 1 atom stereocenters. The van der Waals surface area contributed by atoms with Crippen molar-refractivity contribution in [1.29, 1.82) is 0 Å². The molecule has 2 heterocycles. The first-order chi connectivity index (χ1) is 9.22. The Balaban J connectivity index is 2.20. The van der Waals surface area contributed by atoms with Crippen LogP contribution in [0.4, 0.5) is 5.82 Å². The highest BCUT2D eigenvalue weighted by Gasteiger charge is 2.19. The molecule has 19 heavy (non-hydrogen) atoms. The Morgan fingerprint density at radius 3 is 3.16 bits per heavy atom. The van der Waals surface area contributed by atoms with Crippen LogP contribution in [-0.4, -0.2) is 37.1 Å². The SMILES string of the molecule is CCNC(C)c1cccnc1N1CCNC(=O)CC1. The molecule has 1 unspecified atom stereocenters. The molecule has 0 radical (unpaired) electrons. The van der Waals surface area contributed by atoms with Gasteiger partial charge < -0.3 is 15.5 Å². The zero-order chi connectivity index (χ0) is 13.7. The molecule has 2 rings (SSSR count). The number of aromatic nitrogens is 1. The Morgan fingerprint density at radius 2 is 2.37 bits per heavy atom. The molecule has 1 fully saturated rings. The van der Waals surface area contributed by atoms with Crippen molar-refractivity contribution in [3.8, 4) is 0 Å². The van der Waals surface area contributed by atoms with Gasteiger partial charge in [-0.2, -0.15) is 0 Å². The number of anilines is 1. The first kappa shape index (κ1) is 13.8. The lowest BCUT2D eigenvalue weighted by Gasteiger charge is -2.25. The monoisotopic (exact) mass is 262 g/mol. The van der Waals surface area contributed by atoms with E-state index in [2.05, 4.69) is 40.4 Å². The van der Waals surface area contributed by atoms with Gasteiger partial charge in [0.05, 0.1) is 0 Å². The topological polar surface area (TPSA) is 57.3 Å². The van der Waals surface area contributed by atoms with Crippen molar-refractivity contribution in [1.82, 2.24) is 15.6 Å². The minimum absolute atomic E-state index is 0.125. The highest BCUT2D eigenvalue weighted by Crippen LogP contribution is 2.24. The summed E-state index contributed by atoms with van der Waals surface area (Å²) in [7, 11) is 0. The van der Waals surface area contributed by atoms with Crippen molar-refractivity contribution >= 4 is 11.7 Å². The van der Waals surface area contributed by atoms with E-state index in [4.69, 9.17) is 0 Å². The molecule has 1 aliphatic rings. The van der Waals surface area contributed by atoms with E-state index in [1.54, 1.807) is 0 Å². The number of carbonyl (C=O) groups is 1. The second-order valence-electron chi connectivity index (χ2n) is 4.78. The van der Waals surface area contributed by atoms with E-state index in [0.29, 0.717) is 13.0 Å². The fourth-order valence-corrected chi connectivity index (χ4v) is 2.41. The van der Waals surface area contributed by atoms with Gasteiger partial charge in [-0.05, 0) is 19.5 Å². The fourth-order valence-electron chi connectivity index (χ4n) is 2.41. The Morgan fingerprint density at radius 1 is 1.53 bits per heavy atom. The first-order valence-electron chi connectivity index (χ1n) is 6.92. The summed E-state index contributed by atoms with van der Waals surface area (Å²) in [4.78, 5) is 18.1. The van der Waals surface area contributed by atoms with Crippen LogP contribution in [-0.2, 0) is 4.79 Å². The van der Waals surface area contributed by atoms with E-state index in [1.165, 1.54) is 5.56 Å². The summed E-state index contributed by atoms with van der Waals surface area (Å²) in [6.07, 6.45) is 2.35. The molecule has 0 bridgehead atoms. The lowest BCUT2D eigenvalue weighted by molar-refractivity contribution is -0.120. The molecule has 5 nitrogen and oxygen atoms in total. The van der Waals surface area contributed by atoms with Crippen LogP contribution in [0.15, 0.2) is 18.3 Å².